The van der Waals surface area contributed by atoms with Crippen LogP contribution in [0.1, 0.15) is 32.3 Å². The van der Waals surface area contributed by atoms with E-state index < -0.39 is 15.1 Å². The second-order valence-corrected chi connectivity index (χ2v) is 11.0. The molecule has 0 aliphatic carbocycles. The lowest BCUT2D eigenvalue weighted by atomic mass is 10.2. The van der Waals surface area contributed by atoms with Gasteiger partial charge in [-0.15, -0.1) is 16.9 Å². The summed E-state index contributed by atoms with van der Waals surface area (Å²) in [6.07, 6.45) is 1.06. The molecule has 0 unspecified atom stereocenters. The van der Waals surface area contributed by atoms with E-state index in [1.807, 2.05) is 6.92 Å². The lowest BCUT2D eigenvalue weighted by molar-refractivity contribution is -0.116. The van der Waals surface area contributed by atoms with E-state index in [1.54, 1.807) is 37.7 Å². The molecule has 164 valence electrons. The first kappa shape index (κ1) is 23.0. The zero-order chi connectivity index (χ0) is 22.4. The highest BCUT2D eigenvalue weighted by atomic mass is 32.2. The van der Waals surface area contributed by atoms with Crippen LogP contribution in [0, 0.1) is 6.92 Å². The number of nitrogens with zero attached hydrogens (tertiary/aromatic N) is 2. The Kier molecular flexibility index (Phi) is 7.50. The van der Waals surface area contributed by atoms with Crippen molar-refractivity contribution in [2.45, 2.75) is 48.7 Å². The minimum absolute atomic E-state index is 0.0186. The van der Waals surface area contributed by atoms with Gasteiger partial charge in [-0.05, 0) is 69.3 Å². The Labute approximate surface area is 186 Å². The zero-order valence-electron chi connectivity index (χ0n) is 17.7. The van der Waals surface area contributed by atoms with Crippen LogP contribution in [0.2, 0.25) is 0 Å². The summed E-state index contributed by atoms with van der Waals surface area (Å²) in [5.74, 6) is 0.841. The molecule has 1 heterocycles. The Morgan fingerprint density at radius 2 is 1.74 bits per heavy atom. The molecule has 1 N–H and O–H groups in total. The molecule has 0 aliphatic heterocycles. The third kappa shape index (κ3) is 6.18. The molecule has 0 radical (unpaired) electrons. The van der Waals surface area contributed by atoms with Gasteiger partial charge in [0.1, 0.15) is 0 Å². The molecule has 0 saturated heterocycles. The highest BCUT2D eigenvalue weighted by molar-refractivity contribution is 7.99. The number of aryl methyl sites for hydroxylation is 1. The Balaban J connectivity index is 1.50. The summed E-state index contributed by atoms with van der Waals surface area (Å²) in [5, 5.41) is 9.87. The summed E-state index contributed by atoms with van der Waals surface area (Å²) in [4.78, 5) is 13.5. The number of sulfone groups is 1. The highest BCUT2D eigenvalue weighted by Gasteiger charge is 2.19. The number of amides is 1. The van der Waals surface area contributed by atoms with Crippen LogP contribution in [0.4, 0.5) is 6.01 Å². The Hall–Kier alpha value is -2.65. The van der Waals surface area contributed by atoms with E-state index in [2.05, 4.69) is 39.8 Å². The first-order valence-electron chi connectivity index (χ1n) is 9.93. The van der Waals surface area contributed by atoms with E-state index >= 15 is 0 Å². The second-order valence-electron chi connectivity index (χ2n) is 7.34. The van der Waals surface area contributed by atoms with Gasteiger partial charge in [0.25, 0.3) is 0 Å². The first-order valence-corrected chi connectivity index (χ1v) is 12.5. The van der Waals surface area contributed by atoms with Crippen molar-refractivity contribution in [1.82, 2.24) is 10.2 Å². The summed E-state index contributed by atoms with van der Waals surface area (Å²) in [7, 11) is -3.34. The molecular weight excluding hydrogens is 434 g/mol. The van der Waals surface area contributed by atoms with Gasteiger partial charge in [0.2, 0.25) is 11.8 Å². The molecule has 0 fully saturated rings. The van der Waals surface area contributed by atoms with Crippen LogP contribution in [0.15, 0.2) is 62.7 Å². The van der Waals surface area contributed by atoms with Crippen LogP contribution in [-0.2, 0) is 14.6 Å². The van der Waals surface area contributed by atoms with Crippen molar-refractivity contribution >= 4 is 33.5 Å². The Bertz CT molecular complexity index is 1120. The zero-order valence-corrected chi connectivity index (χ0v) is 19.3. The van der Waals surface area contributed by atoms with Gasteiger partial charge in [-0.3, -0.25) is 10.1 Å². The van der Waals surface area contributed by atoms with Crippen LogP contribution in [0.5, 0.6) is 0 Å². The fraction of sp³-hybridized carbons (Fsp3) is 0.318. The average molecular weight is 460 g/mol. The normalized spacial score (nSPS) is 11.6. The van der Waals surface area contributed by atoms with Crippen LogP contribution in [0.25, 0.3) is 11.5 Å². The van der Waals surface area contributed by atoms with Crippen molar-refractivity contribution in [1.29, 1.82) is 0 Å². The van der Waals surface area contributed by atoms with Gasteiger partial charge < -0.3 is 4.42 Å². The maximum Gasteiger partial charge on any atom is 0.322 e. The number of hydrogen-bond donors (Lipinski definition) is 1. The summed E-state index contributed by atoms with van der Waals surface area (Å²) in [6.45, 7) is 5.32. The predicted octanol–water partition coefficient (Wildman–Crippen LogP) is 4.74. The van der Waals surface area contributed by atoms with Crippen molar-refractivity contribution in [2.24, 2.45) is 0 Å². The van der Waals surface area contributed by atoms with Crippen LogP contribution in [-0.4, -0.2) is 35.5 Å². The number of anilines is 1. The molecule has 31 heavy (non-hydrogen) atoms. The largest absolute Gasteiger partial charge is 0.403 e. The van der Waals surface area contributed by atoms with Crippen molar-refractivity contribution in [3.05, 3.63) is 54.1 Å². The number of thioether (sulfide) groups is 1. The molecule has 0 saturated carbocycles. The summed E-state index contributed by atoms with van der Waals surface area (Å²) in [5.41, 5.74) is 1.80. The van der Waals surface area contributed by atoms with Crippen LogP contribution >= 0.6 is 11.8 Å². The maximum absolute atomic E-state index is 12.2. The number of rotatable bonds is 9. The fourth-order valence-electron chi connectivity index (χ4n) is 2.69. The second kappa shape index (κ2) is 10.1. The molecule has 0 atom stereocenters. The molecule has 3 rings (SSSR count). The molecule has 2 aromatic carbocycles. The maximum atomic E-state index is 12.2. The van der Waals surface area contributed by atoms with Crippen molar-refractivity contribution in [3.63, 3.8) is 0 Å². The van der Waals surface area contributed by atoms with Crippen LogP contribution in [0.3, 0.4) is 0 Å². The van der Waals surface area contributed by atoms with E-state index in [-0.39, 0.29) is 22.7 Å². The summed E-state index contributed by atoms with van der Waals surface area (Å²) in [6, 6.07) is 14.5. The number of nitrogens with one attached hydrogen (secondary N) is 1. The van der Waals surface area contributed by atoms with Crippen molar-refractivity contribution < 1.29 is 17.6 Å². The van der Waals surface area contributed by atoms with Crippen LogP contribution < -0.4 is 5.32 Å². The summed E-state index contributed by atoms with van der Waals surface area (Å²) < 4.78 is 29.9. The number of hydrogen-bond acceptors (Lipinski definition) is 7. The van der Waals surface area contributed by atoms with Gasteiger partial charge in [-0.25, -0.2) is 8.42 Å². The molecule has 0 bridgehead atoms. The number of carbonyl (C=O) groups excluding carboxylic acids is 1. The van der Waals surface area contributed by atoms with Gasteiger partial charge in [0.05, 0.1) is 10.1 Å². The van der Waals surface area contributed by atoms with E-state index in [9.17, 15) is 13.2 Å². The van der Waals surface area contributed by atoms with E-state index in [4.69, 9.17) is 4.42 Å². The van der Waals surface area contributed by atoms with Gasteiger partial charge in [0.15, 0.2) is 9.84 Å². The Morgan fingerprint density at radius 1 is 1.06 bits per heavy atom. The SMILES string of the molecule is Cc1ccc(SCCCC(=O)Nc2nnc(-c3ccc(S(=O)(=O)C(C)C)cc3)o2)cc1. The smallest absolute Gasteiger partial charge is 0.322 e. The summed E-state index contributed by atoms with van der Waals surface area (Å²) >= 11 is 1.71. The van der Waals surface area contributed by atoms with Crippen molar-refractivity contribution in [3.8, 4) is 11.5 Å². The lowest BCUT2D eigenvalue weighted by Gasteiger charge is -2.07. The predicted molar refractivity (Wildman–Crippen MR) is 122 cm³/mol. The van der Waals surface area contributed by atoms with E-state index in [0.29, 0.717) is 12.0 Å². The highest BCUT2D eigenvalue weighted by Crippen LogP contribution is 2.24. The third-order valence-electron chi connectivity index (χ3n) is 4.56. The Morgan fingerprint density at radius 3 is 2.39 bits per heavy atom. The number of aromatic nitrogens is 2. The van der Waals surface area contributed by atoms with E-state index in [0.717, 1.165) is 12.2 Å². The molecule has 0 spiro atoms. The standard InChI is InChI=1S/C22H25N3O4S2/c1-15(2)31(27,28)19-12-8-17(9-13-19)21-24-25-22(29-21)23-20(26)5-4-14-30-18-10-6-16(3)7-11-18/h6-13,15H,4-5,14H2,1-3H3,(H,23,25,26). The third-order valence-corrected chi connectivity index (χ3v) is 7.83. The fourth-order valence-corrected chi connectivity index (χ4v) is 4.60. The number of benzene rings is 2. The monoisotopic (exact) mass is 459 g/mol. The molecule has 7 nitrogen and oxygen atoms in total. The minimum atomic E-state index is -3.34. The topological polar surface area (TPSA) is 102 Å². The van der Waals surface area contributed by atoms with Gasteiger partial charge in [-0.1, -0.05) is 22.8 Å². The van der Waals surface area contributed by atoms with E-state index in [1.165, 1.54) is 22.6 Å². The molecule has 1 amide bonds. The number of carbonyl (C=O) groups is 1. The van der Waals surface area contributed by atoms with Gasteiger partial charge in [0, 0.05) is 16.9 Å². The molecular formula is C22H25N3O4S2. The quantitative estimate of drug-likeness (QED) is 0.364. The molecule has 1 aromatic heterocycles. The molecule has 9 heteroatoms. The molecule has 3 aromatic rings. The molecule has 0 aliphatic rings. The minimum Gasteiger partial charge on any atom is -0.403 e. The lowest BCUT2D eigenvalue weighted by Crippen LogP contribution is -2.13. The first-order chi connectivity index (χ1) is 14.8. The van der Waals surface area contributed by atoms with Crippen molar-refractivity contribution in [2.75, 3.05) is 11.1 Å². The van der Waals surface area contributed by atoms with Gasteiger partial charge in [-0.2, -0.15) is 0 Å². The van der Waals surface area contributed by atoms with Gasteiger partial charge >= 0.3 is 6.01 Å². The average Bonchev–Trinajstić information content (AvgIpc) is 3.21.